The molecule has 272 valence electrons. The molecule has 5 heterocycles. The van der Waals surface area contributed by atoms with Gasteiger partial charge in [0.05, 0.1) is 12.0 Å². The molecular formula is C51H30N4OS2. The summed E-state index contributed by atoms with van der Waals surface area (Å²) in [5.41, 5.74) is 8.51. The Hall–Kier alpha value is -6.93. The van der Waals surface area contributed by atoms with E-state index in [1.54, 1.807) is 0 Å². The van der Waals surface area contributed by atoms with Gasteiger partial charge in [-0.15, -0.1) is 22.7 Å². The second-order valence-corrected chi connectivity index (χ2v) is 17.2. The molecule has 0 fully saturated rings. The van der Waals surface area contributed by atoms with Gasteiger partial charge < -0.3 is 9.32 Å². The zero-order valence-electron chi connectivity index (χ0n) is 30.8. The van der Waals surface area contributed by atoms with Gasteiger partial charge in [-0.2, -0.15) is 0 Å². The van der Waals surface area contributed by atoms with Gasteiger partial charge in [-0.3, -0.25) is 0 Å². The summed E-state index contributed by atoms with van der Waals surface area (Å²) in [5.74, 6) is 3.00. The smallest absolute Gasteiger partial charge is 0.165 e. The third kappa shape index (κ3) is 4.66. The molecule has 1 aliphatic heterocycles. The number of para-hydroxylation sites is 2. The van der Waals surface area contributed by atoms with E-state index in [0.717, 1.165) is 43.8 Å². The molecule has 7 aromatic carbocycles. The largest absolute Gasteiger partial charge is 0.460 e. The third-order valence-electron chi connectivity index (χ3n) is 11.9. The van der Waals surface area contributed by atoms with Crippen LogP contribution < -0.4 is 4.90 Å². The Morgan fingerprint density at radius 2 is 1.17 bits per heavy atom. The van der Waals surface area contributed by atoms with Crippen molar-refractivity contribution in [1.29, 1.82) is 0 Å². The number of hydrogen-bond donors (Lipinski definition) is 0. The molecule has 7 heteroatoms. The first-order chi connectivity index (χ1) is 28.7. The number of fused-ring (bicyclic) bond motifs is 14. The van der Waals surface area contributed by atoms with Crippen LogP contribution in [-0.2, 0) is 0 Å². The van der Waals surface area contributed by atoms with Crippen LogP contribution >= 0.6 is 22.7 Å². The van der Waals surface area contributed by atoms with Gasteiger partial charge in [0, 0.05) is 79.4 Å². The van der Waals surface area contributed by atoms with Crippen molar-refractivity contribution in [3.8, 4) is 34.2 Å². The van der Waals surface area contributed by atoms with Crippen molar-refractivity contribution in [2.45, 2.75) is 12.0 Å². The first-order valence-corrected chi connectivity index (χ1v) is 21.1. The van der Waals surface area contributed by atoms with Gasteiger partial charge in [0.2, 0.25) is 0 Å². The monoisotopic (exact) mass is 778 g/mol. The molecule has 0 amide bonds. The lowest BCUT2D eigenvalue weighted by atomic mass is 9.85. The number of anilines is 2. The highest BCUT2D eigenvalue weighted by molar-refractivity contribution is 7.28. The maximum Gasteiger partial charge on any atom is 0.165 e. The molecule has 0 saturated carbocycles. The third-order valence-corrected chi connectivity index (χ3v) is 14.2. The van der Waals surface area contributed by atoms with Crippen LogP contribution in [0.25, 0.3) is 91.6 Å². The zero-order chi connectivity index (χ0) is 37.9. The molecule has 4 aromatic heterocycles. The van der Waals surface area contributed by atoms with E-state index in [9.17, 15) is 0 Å². The van der Waals surface area contributed by atoms with Crippen LogP contribution in [0.3, 0.4) is 0 Å². The number of aromatic nitrogens is 3. The lowest BCUT2D eigenvalue weighted by molar-refractivity contribution is 0.505. The summed E-state index contributed by atoms with van der Waals surface area (Å²) in [6.07, 6.45) is 4.64. The average molecular weight is 779 g/mol. The molecular weight excluding hydrogens is 749 g/mol. The van der Waals surface area contributed by atoms with Gasteiger partial charge in [0.1, 0.15) is 11.3 Å². The molecule has 0 bridgehead atoms. The van der Waals surface area contributed by atoms with E-state index in [1.165, 1.54) is 52.5 Å². The van der Waals surface area contributed by atoms with Crippen molar-refractivity contribution in [2.75, 3.05) is 4.90 Å². The molecule has 0 N–H and O–H groups in total. The fourth-order valence-corrected chi connectivity index (χ4v) is 11.7. The number of hydrogen-bond acceptors (Lipinski definition) is 7. The van der Waals surface area contributed by atoms with E-state index < -0.39 is 0 Å². The molecule has 2 aliphatic rings. The van der Waals surface area contributed by atoms with E-state index in [4.69, 9.17) is 19.4 Å². The second-order valence-electron chi connectivity index (χ2n) is 15.1. The molecule has 13 rings (SSSR count). The quantitative estimate of drug-likeness (QED) is 0.178. The van der Waals surface area contributed by atoms with Gasteiger partial charge in [0.25, 0.3) is 0 Å². The predicted octanol–water partition coefficient (Wildman–Crippen LogP) is 14.0. The second kappa shape index (κ2) is 12.3. The summed E-state index contributed by atoms with van der Waals surface area (Å²) >= 11 is 3.68. The SMILES string of the molecule is C1=CC2C(c3ccccc3N2c2cc(-c3nc(-c4ccccc4)nc(-c4ccccc4)n3)c3sc4ccc5sc6ccccc6c5c4c3c2)c2oc3ccccc3c21. The Labute approximate surface area is 340 Å². The zero-order valence-corrected chi connectivity index (χ0v) is 32.5. The van der Waals surface area contributed by atoms with Crippen LogP contribution in [0.5, 0.6) is 0 Å². The first-order valence-electron chi connectivity index (χ1n) is 19.5. The normalized spacial score (nSPS) is 15.8. The molecule has 58 heavy (non-hydrogen) atoms. The van der Waals surface area contributed by atoms with E-state index in [1.807, 2.05) is 59.1 Å². The number of nitrogens with zero attached hydrogens (tertiary/aromatic N) is 4. The van der Waals surface area contributed by atoms with Crippen molar-refractivity contribution in [3.63, 3.8) is 0 Å². The van der Waals surface area contributed by atoms with E-state index in [0.29, 0.717) is 17.5 Å². The van der Waals surface area contributed by atoms with Crippen LogP contribution in [0.2, 0.25) is 0 Å². The van der Waals surface area contributed by atoms with Gasteiger partial charge in [-0.25, -0.2) is 15.0 Å². The minimum absolute atomic E-state index is 0.000719. The van der Waals surface area contributed by atoms with Gasteiger partial charge in [-0.05, 0) is 48.0 Å². The topological polar surface area (TPSA) is 55.1 Å². The fourth-order valence-electron chi connectivity index (χ4n) is 9.35. The van der Waals surface area contributed by atoms with E-state index >= 15 is 0 Å². The van der Waals surface area contributed by atoms with Crippen LogP contribution in [0.1, 0.15) is 22.8 Å². The Balaban J connectivity index is 1.12. The minimum Gasteiger partial charge on any atom is -0.460 e. The maximum atomic E-state index is 6.74. The number of benzene rings is 7. The van der Waals surface area contributed by atoms with E-state index in [2.05, 4.69) is 138 Å². The molecule has 5 nitrogen and oxygen atoms in total. The highest BCUT2D eigenvalue weighted by Crippen LogP contribution is 2.55. The van der Waals surface area contributed by atoms with Crippen molar-refractivity contribution < 1.29 is 4.42 Å². The standard InChI is InChI=1S/C51H30N4OS2/c1-3-13-29(14-4-1)49-52-50(30-15-5-2-6-16-30)54-51(53-49)37-28-31(27-36-46-43(58-48(36)37)26-25-42-45(46)35-19-9-12-22-41(35)57-42)55-38-20-10-7-18-34(38)44-39(55)24-23-33-32-17-8-11-21-40(32)56-47(33)44/h1-28,39,44H. The molecule has 0 saturated heterocycles. The lowest BCUT2D eigenvalue weighted by Crippen LogP contribution is -2.30. The van der Waals surface area contributed by atoms with Crippen LogP contribution in [0, 0.1) is 0 Å². The Morgan fingerprint density at radius 3 is 1.97 bits per heavy atom. The molecule has 0 radical (unpaired) electrons. The summed E-state index contributed by atoms with van der Waals surface area (Å²) in [6, 6.07) is 55.8. The summed E-state index contributed by atoms with van der Waals surface area (Å²) in [5, 5.41) is 6.23. The van der Waals surface area contributed by atoms with Crippen LogP contribution in [0.4, 0.5) is 11.4 Å². The minimum atomic E-state index is 0.000719. The van der Waals surface area contributed by atoms with Crippen molar-refractivity contribution >= 4 is 91.4 Å². The Morgan fingerprint density at radius 1 is 0.534 bits per heavy atom. The van der Waals surface area contributed by atoms with Gasteiger partial charge in [0.15, 0.2) is 17.5 Å². The predicted molar refractivity (Wildman–Crippen MR) is 241 cm³/mol. The molecule has 0 spiro atoms. The van der Waals surface area contributed by atoms with Gasteiger partial charge in [-0.1, -0.05) is 127 Å². The van der Waals surface area contributed by atoms with E-state index in [-0.39, 0.29) is 12.0 Å². The van der Waals surface area contributed by atoms with Crippen molar-refractivity contribution in [3.05, 3.63) is 181 Å². The highest BCUT2D eigenvalue weighted by Gasteiger charge is 2.44. The summed E-state index contributed by atoms with van der Waals surface area (Å²) in [6.45, 7) is 0. The van der Waals surface area contributed by atoms with Crippen LogP contribution in [0.15, 0.2) is 168 Å². The molecule has 2 atom stereocenters. The van der Waals surface area contributed by atoms with Crippen molar-refractivity contribution in [2.24, 2.45) is 0 Å². The molecule has 2 unspecified atom stereocenters. The van der Waals surface area contributed by atoms with Crippen LogP contribution in [-0.4, -0.2) is 21.0 Å². The number of furan rings is 1. The average Bonchev–Trinajstić information content (AvgIpc) is 4.05. The summed E-state index contributed by atoms with van der Waals surface area (Å²) < 4.78 is 11.7. The fraction of sp³-hybridized carbons (Fsp3) is 0.0392. The van der Waals surface area contributed by atoms with Gasteiger partial charge >= 0.3 is 0 Å². The maximum absolute atomic E-state index is 6.74. The summed E-state index contributed by atoms with van der Waals surface area (Å²) in [7, 11) is 0. The summed E-state index contributed by atoms with van der Waals surface area (Å²) in [4.78, 5) is 18.2. The molecule has 1 aliphatic carbocycles. The Bertz CT molecular complexity index is 3430. The lowest BCUT2D eigenvalue weighted by Gasteiger charge is -2.30. The van der Waals surface area contributed by atoms with Crippen molar-refractivity contribution in [1.82, 2.24) is 15.0 Å². The Kier molecular flexibility index (Phi) is 6.82. The number of rotatable bonds is 4. The highest BCUT2D eigenvalue weighted by atomic mass is 32.1. The number of thiophene rings is 2. The first kappa shape index (κ1) is 32.2. The molecule has 11 aromatic rings.